The molecule has 0 saturated carbocycles. The van der Waals surface area contributed by atoms with Crippen molar-refractivity contribution in [3.05, 3.63) is 66.2 Å². The van der Waals surface area contributed by atoms with Gasteiger partial charge in [-0.2, -0.15) is 0 Å². The molecule has 4 aromatic rings. The third kappa shape index (κ3) is 2.52. The summed E-state index contributed by atoms with van der Waals surface area (Å²) >= 11 is 0. The van der Waals surface area contributed by atoms with Gasteiger partial charge in [-0.15, -0.1) is 0 Å². The zero-order valence-electron chi connectivity index (χ0n) is 13.2. The van der Waals surface area contributed by atoms with Gasteiger partial charge in [-0.3, -0.25) is 0 Å². The number of fused-ring (bicyclic) bond motifs is 3. The summed E-state index contributed by atoms with van der Waals surface area (Å²) in [5, 5.41) is 12.0. The van der Waals surface area contributed by atoms with Crippen molar-refractivity contribution in [1.29, 1.82) is 0 Å². The average molecular weight is 329 g/mol. The van der Waals surface area contributed by atoms with Crippen LogP contribution in [0.15, 0.2) is 60.7 Å². The molecule has 0 aliphatic rings. The number of anilines is 2. The van der Waals surface area contributed by atoms with Crippen molar-refractivity contribution in [2.75, 3.05) is 11.5 Å². The number of hydrogen-bond donors (Lipinski definition) is 3. The van der Waals surface area contributed by atoms with Crippen LogP contribution in [0.3, 0.4) is 0 Å². The molecular weight excluding hydrogens is 314 g/mol. The van der Waals surface area contributed by atoms with E-state index in [0.29, 0.717) is 11.4 Å². The van der Waals surface area contributed by atoms with Gasteiger partial charge in [0.05, 0.1) is 16.8 Å². The van der Waals surface area contributed by atoms with E-state index in [-0.39, 0.29) is 5.56 Å². The second-order valence-electron chi connectivity index (χ2n) is 5.92. The van der Waals surface area contributed by atoms with Crippen LogP contribution in [0.2, 0.25) is 0 Å². The Morgan fingerprint density at radius 2 is 1.44 bits per heavy atom. The number of hydrogen-bond acceptors (Lipinski definition) is 4. The molecule has 1 heterocycles. The molecule has 4 rings (SSSR count). The first kappa shape index (κ1) is 15.0. The molecule has 0 spiro atoms. The molecule has 0 bridgehead atoms. The Hall–Kier alpha value is -3.60. The first-order valence-electron chi connectivity index (χ1n) is 7.75. The Kier molecular flexibility index (Phi) is 3.28. The number of carboxylic acids is 1. The SMILES string of the molecule is Nc1ccc2c(c1)nc(-c1ccc(C(=O)O)cc1)c1cc(N)ccc12. The van der Waals surface area contributed by atoms with E-state index in [0.717, 1.165) is 32.9 Å². The number of pyridine rings is 1. The highest BCUT2D eigenvalue weighted by atomic mass is 16.4. The second kappa shape index (κ2) is 5.49. The minimum atomic E-state index is -0.958. The molecule has 5 nitrogen and oxygen atoms in total. The standard InChI is InChI=1S/C20H15N3O2/c21-13-5-7-15-16-8-6-14(22)10-18(16)23-19(17(15)9-13)11-1-3-12(4-2-11)20(24)25/h1-10H,21-22H2,(H,24,25). The van der Waals surface area contributed by atoms with E-state index >= 15 is 0 Å². The third-order valence-corrected chi connectivity index (χ3v) is 4.25. The molecule has 3 aromatic carbocycles. The predicted octanol–water partition coefficient (Wildman–Crippen LogP) is 3.92. The molecule has 0 saturated heterocycles. The molecule has 0 fully saturated rings. The van der Waals surface area contributed by atoms with E-state index in [2.05, 4.69) is 0 Å². The van der Waals surface area contributed by atoms with E-state index in [1.165, 1.54) is 0 Å². The number of aromatic nitrogens is 1. The van der Waals surface area contributed by atoms with E-state index in [1.54, 1.807) is 24.3 Å². The van der Waals surface area contributed by atoms with Gasteiger partial charge in [0.15, 0.2) is 0 Å². The Labute approximate surface area is 143 Å². The summed E-state index contributed by atoms with van der Waals surface area (Å²) in [6, 6.07) is 18.0. The summed E-state index contributed by atoms with van der Waals surface area (Å²) in [7, 11) is 0. The summed E-state index contributed by atoms with van der Waals surface area (Å²) in [4.78, 5) is 15.8. The largest absolute Gasteiger partial charge is 0.478 e. The summed E-state index contributed by atoms with van der Waals surface area (Å²) in [5.74, 6) is -0.958. The van der Waals surface area contributed by atoms with Gasteiger partial charge in [0.25, 0.3) is 0 Å². The number of rotatable bonds is 2. The van der Waals surface area contributed by atoms with E-state index in [1.807, 2.05) is 36.4 Å². The summed E-state index contributed by atoms with van der Waals surface area (Å²) in [6.07, 6.45) is 0. The molecule has 0 radical (unpaired) electrons. The number of nitrogens with two attached hydrogens (primary N) is 2. The van der Waals surface area contributed by atoms with Gasteiger partial charge in [0, 0.05) is 27.7 Å². The average Bonchev–Trinajstić information content (AvgIpc) is 2.60. The number of nitrogen functional groups attached to an aromatic ring is 2. The maximum atomic E-state index is 11.1. The number of nitrogens with zero attached hydrogens (tertiary/aromatic N) is 1. The smallest absolute Gasteiger partial charge is 0.335 e. The van der Waals surface area contributed by atoms with Gasteiger partial charge >= 0.3 is 5.97 Å². The molecule has 25 heavy (non-hydrogen) atoms. The lowest BCUT2D eigenvalue weighted by Crippen LogP contribution is -1.96. The predicted molar refractivity (Wildman–Crippen MR) is 100 cm³/mol. The fourth-order valence-electron chi connectivity index (χ4n) is 3.03. The summed E-state index contributed by atoms with van der Waals surface area (Å²) < 4.78 is 0. The van der Waals surface area contributed by atoms with Gasteiger partial charge in [-0.1, -0.05) is 24.3 Å². The number of carboxylic acid groups (broad SMARTS) is 1. The van der Waals surface area contributed by atoms with Crippen LogP contribution in [0.4, 0.5) is 11.4 Å². The number of benzene rings is 3. The highest BCUT2D eigenvalue weighted by molar-refractivity contribution is 6.12. The fraction of sp³-hybridized carbons (Fsp3) is 0. The zero-order chi connectivity index (χ0) is 17.6. The molecule has 0 aliphatic carbocycles. The van der Waals surface area contributed by atoms with Crippen LogP contribution in [0.1, 0.15) is 10.4 Å². The van der Waals surface area contributed by atoms with Crippen molar-refractivity contribution in [3.63, 3.8) is 0 Å². The first-order chi connectivity index (χ1) is 12.0. The van der Waals surface area contributed by atoms with Crippen molar-refractivity contribution in [1.82, 2.24) is 4.98 Å². The van der Waals surface area contributed by atoms with Crippen LogP contribution in [-0.4, -0.2) is 16.1 Å². The molecule has 5 N–H and O–H groups in total. The lowest BCUT2D eigenvalue weighted by Gasteiger charge is -2.11. The topological polar surface area (TPSA) is 102 Å². The number of aromatic carboxylic acids is 1. The van der Waals surface area contributed by atoms with Gasteiger partial charge in [0.1, 0.15) is 0 Å². The Balaban J connectivity index is 2.06. The summed E-state index contributed by atoms with van der Waals surface area (Å²) in [5.41, 5.74) is 15.8. The Morgan fingerprint density at radius 3 is 2.12 bits per heavy atom. The van der Waals surface area contributed by atoms with Crippen molar-refractivity contribution in [3.8, 4) is 11.3 Å². The summed E-state index contributed by atoms with van der Waals surface area (Å²) in [6.45, 7) is 0. The van der Waals surface area contributed by atoms with Crippen LogP contribution in [-0.2, 0) is 0 Å². The molecule has 122 valence electrons. The molecule has 0 amide bonds. The van der Waals surface area contributed by atoms with Crippen LogP contribution in [0.25, 0.3) is 32.9 Å². The highest BCUT2D eigenvalue weighted by Gasteiger charge is 2.12. The lowest BCUT2D eigenvalue weighted by molar-refractivity contribution is 0.0697. The van der Waals surface area contributed by atoms with Crippen LogP contribution in [0, 0.1) is 0 Å². The van der Waals surface area contributed by atoms with Gasteiger partial charge in [-0.25, -0.2) is 9.78 Å². The van der Waals surface area contributed by atoms with Crippen LogP contribution in [0.5, 0.6) is 0 Å². The lowest BCUT2D eigenvalue weighted by atomic mass is 9.98. The monoisotopic (exact) mass is 329 g/mol. The number of carbonyl (C=O) groups is 1. The Morgan fingerprint density at radius 1 is 0.800 bits per heavy atom. The van der Waals surface area contributed by atoms with Crippen molar-refractivity contribution in [2.45, 2.75) is 0 Å². The minimum absolute atomic E-state index is 0.234. The molecular formula is C20H15N3O2. The molecule has 1 aromatic heterocycles. The molecule has 0 atom stereocenters. The molecule has 0 unspecified atom stereocenters. The quantitative estimate of drug-likeness (QED) is 0.382. The highest BCUT2D eigenvalue weighted by Crippen LogP contribution is 2.34. The maximum absolute atomic E-state index is 11.1. The van der Waals surface area contributed by atoms with E-state index < -0.39 is 5.97 Å². The molecule has 0 aliphatic heterocycles. The maximum Gasteiger partial charge on any atom is 0.335 e. The minimum Gasteiger partial charge on any atom is -0.478 e. The van der Waals surface area contributed by atoms with Crippen LogP contribution < -0.4 is 11.5 Å². The zero-order valence-corrected chi connectivity index (χ0v) is 13.2. The van der Waals surface area contributed by atoms with Crippen molar-refractivity contribution >= 4 is 39.0 Å². The van der Waals surface area contributed by atoms with E-state index in [4.69, 9.17) is 21.6 Å². The van der Waals surface area contributed by atoms with Crippen molar-refractivity contribution < 1.29 is 9.90 Å². The van der Waals surface area contributed by atoms with E-state index in [9.17, 15) is 4.79 Å². The van der Waals surface area contributed by atoms with Gasteiger partial charge < -0.3 is 16.6 Å². The normalized spacial score (nSPS) is 11.0. The van der Waals surface area contributed by atoms with Gasteiger partial charge in [0.2, 0.25) is 0 Å². The van der Waals surface area contributed by atoms with Crippen LogP contribution >= 0.6 is 0 Å². The fourth-order valence-corrected chi connectivity index (χ4v) is 3.03. The first-order valence-corrected chi connectivity index (χ1v) is 7.75. The van der Waals surface area contributed by atoms with Crippen molar-refractivity contribution in [2.24, 2.45) is 0 Å². The second-order valence-corrected chi connectivity index (χ2v) is 5.92. The third-order valence-electron chi connectivity index (χ3n) is 4.25. The Bertz CT molecular complexity index is 1140. The molecule has 5 heteroatoms. The van der Waals surface area contributed by atoms with Gasteiger partial charge in [-0.05, 0) is 41.8 Å².